The van der Waals surface area contributed by atoms with Crippen molar-refractivity contribution < 1.29 is 4.74 Å². The van der Waals surface area contributed by atoms with Gasteiger partial charge in [0.25, 0.3) is 5.56 Å². The fourth-order valence-corrected chi connectivity index (χ4v) is 2.19. The minimum atomic E-state index is -0.228. The van der Waals surface area contributed by atoms with Crippen LogP contribution in [0.5, 0.6) is 0 Å². The molecule has 0 saturated carbocycles. The van der Waals surface area contributed by atoms with Crippen LogP contribution in [0.1, 0.15) is 13.8 Å². The first-order chi connectivity index (χ1) is 9.52. The second-order valence-corrected chi connectivity index (χ2v) is 5.26. The molecule has 0 amide bonds. The maximum atomic E-state index is 11.9. The molecular weight excluding hydrogens is 260 g/mol. The van der Waals surface area contributed by atoms with Crippen LogP contribution in [0.15, 0.2) is 22.2 Å². The lowest BCUT2D eigenvalue weighted by Crippen LogP contribution is -2.48. The summed E-state index contributed by atoms with van der Waals surface area (Å²) in [6.45, 7) is 6.64. The van der Waals surface area contributed by atoms with Gasteiger partial charge in [-0.05, 0) is 19.4 Å². The van der Waals surface area contributed by atoms with Crippen molar-refractivity contribution in [1.82, 2.24) is 9.78 Å². The van der Waals surface area contributed by atoms with Gasteiger partial charge in [-0.25, -0.2) is 4.68 Å². The molecule has 20 heavy (non-hydrogen) atoms. The number of nitrogens with zero attached hydrogens (tertiary/aromatic N) is 6. The number of anilines is 1. The van der Waals surface area contributed by atoms with Gasteiger partial charge in [0.15, 0.2) is 0 Å². The molecule has 108 valence electrons. The molecule has 2 rings (SSSR count). The summed E-state index contributed by atoms with van der Waals surface area (Å²) in [7, 11) is 0. The second kappa shape index (κ2) is 5.94. The first-order valence-electron chi connectivity index (χ1n) is 6.49. The zero-order chi connectivity index (χ0) is 14.6. The zero-order valence-corrected chi connectivity index (χ0v) is 11.7. The Morgan fingerprint density at radius 2 is 2.40 bits per heavy atom. The van der Waals surface area contributed by atoms with E-state index in [0.717, 1.165) is 18.8 Å². The van der Waals surface area contributed by atoms with Crippen LogP contribution in [0.2, 0.25) is 0 Å². The van der Waals surface area contributed by atoms with Gasteiger partial charge >= 0.3 is 0 Å². The lowest BCUT2D eigenvalue weighted by atomic mass is 10.1. The number of morpholine rings is 1. The molecule has 1 fully saturated rings. The highest BCUT2D eigenvalue weighted by Gasteiger charge is 2.27. The van der Waals surface area contributed by atoms with Crippen LogP contribution in [0.4, 0.5) is 5.69 Å². The Balaban J connectivity index is 2.12. The molecule has 1 aliphatic rings. The molecular formula is C12H18N6O2. The third kappa shape index (κ3) is 3.49. The lowest BCUT2D eigenvalue weighted by molar-refractivity contribution is -0.0277. The normalized spacial score (nSPS) is 17.6. The first kappa shape index (κ1) is 14.4. The van der Waals surface area contributed by atoms with Gasteiger partial charge in [-0.3, -0.25) is 4.79 Å². The van der Waals surface area contributed by atoms with Crippen LogP contribution in [0.3, 0.4) is 0 Å². The predicted molar refractivity (Wildman–Crippen MR) is 74.8 cm³/mol. The maximum absolute atomic E-state index is 11.9. The Morgan fingerprint density at radius 3 is 3.05 bits per heavy atom. The van der Waals surface area contributed by atoms with Crippen LogP contribution in [-0.2, 0) is 11.3 Å². The Bertz CT molecular complexity index is 576. The molecule has 0 spiro atoms. The standard InChI is InChI=1S/C12H18N6O2/c1-12(2)9-17(5-6-20-12)10-7-11(19)18(15-8-10)4-3-14-16-13/h7-8H,3-6,9H2,1-2H3. The van der Waals surface area contributed by atoms with E-state index in [2.05, 4.69) is 20.0 Å². The molecule has 0 unspecified atom stereocenters. The lowest BCUT2D eigenvalue weighted by Gasteiger charge is -2.39. The van der Waals surface area contributed by atoms with E-state index in [1.807, 2.05) is 13.8 Å². The van der Waals surface area contributed by atoms with Crippen molar-refractivity contribution in [2.75, 3.05) is 31.1 Å². The van der Waals surface area contributed by atoms with Crippen LogP contribution in [0.25, 0.3) is 10.4 Å². The SMILES string of the molecule is CC1(C)CN(c2cnn(CCN=[N+]=[N-])c(=O)c2)CCO1. The molecule has 0 atom stereocenters. The smallest absolute Gasteiger partial charge is 0.268 e. The largest absolute Gasteiger partial charge is 0.372 e. The molecule has 1 aromatic heterocycles. The highest BCUT2D eigenvalue weighted by molar-refractivity contribution is 5.43. The van der Waals surface area contributed by atoms with Crippen molar-refractivity contribution in [3.8, 4) is 0 Å². The molecule has 0 aliphatic carbocycles. The maximum Gasteiger partial charge on any atom is 0.268 e. The summed E-state index contributed by atoms with van der Waals surface area (Å²) in [5, 5.41) is 7.50. The number of aromatic nitrogens is 2. The van der Waals surface area contributed by atoms with Crippen molar-refractivity contribution in [3.05, 3.63) is 33.1 Å². The van der Waals surface area contributed by atoms with E-state index in [4.69, 9.17) is 10.3 Å². The minimum absolute atomic E-state index is 0.195. The Morgan fingerprint density at radius 1 is 1.60 bits per heavy atom. The van der Waals surface area contributed by atoms with Gasteiger partial charge in [0.1, 0.15) is 0 Å². The Hall–Kier alpha value is -2.05. The van der Waals surface area contributed by atoms with Crippen molar-refractivity contribution in [1.29, 1.82) is 0 Å². The summed E-state index contributed by atoms with van der Waals surface area (Å²) < 4.78 is 6.94. The van der Waals surface area contributed by atoms with E-state index < -0.39 is 0 Å². The Kier molecular flexibility index (Phi) is 4.26. The number of rotatable bonds is 4. The molecule has 0 bridgehead atoms. The molecule has 1 aliphatic heterocycles. The second-order valence-electron chi connectivity index (χ2n) is 5.26. The van der Waals surface area contributed by atoms with Gasteiger partial charge in [0.05, 0.1) is 30.6 Å². The molecule has 1 aromatic rings. The average Bonchev–Trinajstić information content (AvgIpc) is 2.39. The Labute approximate surface area is 116 Å². The number of ether oxygens (including phenoxy) is 1. The number of hydrogen-bond donors (Lipinski definition) is 0. The fraction of sp³-hybridized carbons (Fsp3) is 0.667. The van der Waals surface area contributed by atoms with Gasteiger partial charge in [-0.1, -0.05) is 5.11 Å². The molecule has 2 heterocycles. The number of hydrogen-bond acceptors (Lipinski definition) is 5. The van der Waals surface area contributed by atoms with Gasteiger partial charge in [-0.15, -0.1) is 0 Å². The molecule has 8 heteroatoms. The van der Waals surface area contributed by atoms with E-state index in [1.54, 1.807) is 12.3 Å². The summed E-state index contributed by atoms with van der Waals surface area (Å²) in [5.74, 6) is 0. The van der Waals surface area contributed by atoms with Crippen molar-refractivity contribution >= 4 is 5.69 Å². The summed E-state index contributed by atoms with van der Waals surface area (Å²) in [6, 6.07) is 1.56. The molecule has 0 N–H and O–H groups in total. The van der Waals surface area contributed by atoms with Crippen molar-refractivity contribution in [2.45, 2.75) is 26.0 Å². The molecule has 8 nitrogen and oxygen atoms in total. The first-order valence-corrected chi connectivity index (χ1v) is 6.49. The van der Waals surface area contributed by atoms with Gasteiger partial charge in [0, 0.05) is 30.6 Å². The third-order valence-corrected chi connectivity index (χ3v) is 3.12. The number of azide groups is 1. The monoisotopic (exact) mass is 278 g/mol. The van der Waals surface area contributed by atoms with E-state index in [-0.39, 0.29) is 24.2 Å². The van der Waals surface area contributed by atoms with Crippen LogP contribution < -0.4 is 10.5 Å². The van der Waals surface area contributed by atoms with E-state index >= 15 is 0 Å². The summed E-state index contributed by atoms with van der Waals surface area (Å²) >= 11 is 0. The van der Waals surface area contributed by atoms with Gasteiger partial charge in [-0.2, -0.15) is 5.10 Å². The molecule has 1 saturated heterocycles. The third-order valence-electron chi connectivity index (χ3n) is 3.12. The van der Waals surface area contributed by atoms with Crippen molar-refractivity contribution in [2.24, 2.45) is 5.11 Å². The van der Waals surface area contributed by atoms with Gasteiger partial charge in [0.2, 0.25) is 0 Å². The summed E-state index contributed by atoms with van der Waals surface area (Å²) in [6.07, 6.45) is 1.67. The predicted octanol–water partition coefficient (Wildman–Crippen LogP) is 1.17. The summed E-state index contributed by atoms with van der Waals surface area (Å²) in [5.41, 5.74) is 8.58. The topological polar surface area (TPSA) is 96.1 Å². The molecule has 0 aromatic carbocycles. The van der Waals surface area contributed by atoms with Crippen LogP contribution in [-0.4, -0.2) is 41.6 Å². The highest BCUT2D eigenvalue weighted by Crippen LogP contribution is 2.21. The average molecular weight is 278 g/mol. The van der Waals surface area contributed by atoms with Crippen LogP contribution in [0, 0.1) is 0 Å². The minimum Gasteiger partial charge on any atom is -0.372 e. The fourth-order valence-electron chi connectivity index (χ4n) is 2.19. The van der Waals surface area contributed by atoms with Crippen LogP contribution >= 0.6 is 0 Å². The quantitative estimate of drug-likeness (QED) is 0.469. The zero-order valence-electron chi connectivity index (χ0n) is 11.7. The van der Waals surface area contributed by atoms with Gasteiger partial charge < -0.3 is 9.64 Å². The molecule has 0 radical (unpaired) electrons. The summed E-state index contributed by atoms with van der Waals surface area (Å²) in [4.78, 5) is 16.7. The van der Waals surface area contributed by atoms with E-state index in [9.17, 15) is 4.79 Å². The highest BCUT2D eigenvalue weighted by atomic mass is 16.5. The van der Waals surface area contributed by atoms with Crippen molar-refractivity contribution in [3.63, 3.8) is 0 Å². The van der Waals surface area contributed by atoms with E-state index in [0.29, 0.717) is 6.61 Å². The van der Waals surface area contributed by atoms with E-state index in [1.165, 1.54) is 4.68 Å².